The topological polar surface area (TPSA) is 97.1 Å². The number of nitrogens with zero attached hydrogens (tertiary/aromatic N) is 3. The van der Waals surface area contributed by atoms with Gasteiger partial charge < -0.3 is 10.4 Å². The number of hydrogen-bond acceptors (Lipinski definition) is 4. The van der Waals surface area contributed by atoms with Gasteiger partial charge >= 0.3 is 5.97 Å². The molecule has 2 heterocycles. The van der Waals surface area contributed by atoms with Crippen molar-refractivity contribution >= 4 is 34.4 Å². The van der Waals surface area contributed by atoms with E-state index in [2.05, 4.69) is 35.4 Å². The van der Waals surface area contributed by atoms with Crippen molar-refractivity contribution in [2.75, 3.05) is 6.54 Å². The second-order valence-electron chi connectivity index (χ2n) is 9.49. The summed E-state index contributed by atoms with van der Waals surface area (Å²) in [6.45, 7) is 4.14. The number of benzene rings is 3. The number of carbonyl (C=O) groups excluding carboxylic acids is 1. The maximum atomic E-state index is 12.4. The molecule has 39 heavy (non-hydrogen) atoms. The van der Waals surface area contributed by atoms with Crippen molar-refractivity contribution in [1.29, 1.82) is 0 Å². The van der Waals surface area contributed by atoms with Crippen molar-refractivity contribution < 1.29 is 14.7 Å². The third-order valence-corrected chi connectivity index (χ3v) is 6.82. The molecule has 0 aliphatic carbocycles. The second kappa shape index (κ2) is 11.1. The minimum Gasteiger partial charge on any atom is -0.481 e. The number of fused-ring (bicyclic) bond motifs is 1. The molecule has 1 atom stereocenters. The summed E-state index contributed by atoms with van der Waals surface area (Å²) in [5, 5.41) is 18.1. The van der Waals surface area contributed by atoms with E-state index in [1.54, 1.807) is 12.1 Å². The Bertz CT molecular complexity index is 1660. The predicted octanol–water partition coefficient (Wildman–Crippen LogP) is 6.54. The zero-order valence-corrected chi connectivity index (χ0v) is 22.3. The average Bonchev–Trinajstić information content (AvgIpc) is 3.37. The first-order chi connectivity index (χ1) is 18.8. The summed E-state index contributed by atoms with van der Waals surface area (Å²) >= 11 is 6.37. The van der Waals surface area contributed by atoms with E-state index in [-0.39, 0.29) is 24.9 Å². The van der Waals surface area contributed by atoms with Crippen LogP contribution in [0.3, 0.4) is 0 Å². The Kier molecular flexibility index (Phi) is 7.43. The number of hydrogen-bond donors (Lipinski definition) is 2. The number of pyridine rings is 1. The second-order valence-corrected chi connectivity index (χ2v) is 9.93. The maximum Gasteiger partial charge on any atom is 0.305 e. The molecule has 2 N–H and O–H groups in total. The lowest BCUT2D eigenvalue weighted by molar-refractivity contribution is -0.136. The molecule has 0 aliphatic heterocycles. The molecular formula is C31H27ClN4O3. The summed E-state index contributed by atoms with van der Waals surface area (Å²) in [6, 6.07) is 25.1. The monoisotopic (exact) mass is 538 g/mol. The van der Waals surface area contributed by atoms with Gasteiger partial charge in [0.15, 0.2) is 0 Å². The number of aliphatic carboxylic acids is 1. The molecule has 1 unspecified atom stereocenters. The van der Waals surface area contributed by atoms with E-state index < -0.39 is 5.97 Å². The molecule has 0 fully saturated rings. The summed E-state index contributed by atoms with van der Waals surface area (Å²) in [4.78, 5) is 27.8. The number of aryl methyl sites for hydroxylation is 1. The first-order valence-electron chi connectivity index (χ1n) is 12.6. The first-order valence-corrected chi connectivity index (χ1v) is 13.0. The fourth-order valence-electron chi connectivity index (χ4n) is 4.58. The number of carboxylic acid groups (broad SMARTS) is 1. The van der Waals surface area contributed by atoms with Crippen LogP contribution in [0.5, 0.6) is 0 Å². The summed E-state index contributed by atoms with van der Waals surface area (Å²) in [5.41, 5.74) is 6.96. The van der Waals surface area contributed by atoms with Crippen LogP contribution >= 0.6 is 11.6 Å². The Balaban J connectivity index is 1.52. The molecule has 5 rings (SSSR count). The Morgan fingerprint density at radius 3 is 2.51 bits per heavy atom. The van der Waals surface area contributed by atoms with E-state index in [4.69, 9.17) is 21.8 Å². The van der Waals surface area contributed by atoms with Gasteiger partial charge in [-0.25, -0.2) is 0 Å². The number of nitrogens with one attached hydrogen (secondary N) is 1. The van der Waals surface area contributed by atoms with E-state index in [1.807, 2.05) is 66.3 Å². The van der Waals surface area contributed by atoms with Crippen LogP contribution in [-0.4, -0.2) is 38.3 Å². The van der Waals surface area contributed by atoms with Gasteiger partial charge in [-0.2, -0.15) is 5.10 Å². The standard InChI is InChI=1S/C31H27ClN4O3/c1-19-13-24(16-26(32)14-19)28-17-29(25-15-23-5-3-4-6-27(23)34-18-25)36(35-28)20(2)21-7-9-22(10-8-21)31(39)33-12-11-30(37)38/h3-10,13-18,20H,11-12H2,1-2H3,(H,33,39)(H,37,38). The van der Waals surface area contributed by atoms with Crippen LogP contribution in [0.2, 0.25) is 5.02 Å². The lowest BCUT2D eigenvalue weighted by Crippen LogP contribution is -2.26. The highest BCUT2D eigenvalue weighted by atomic mass is 35.5. The largest absolute Gasteiger partial charge is 0.481 e. The van der Waals surface area contributed by atoms with Gasteiger partial charge in [0.05, 0.1) is 29.4 Å². The fraction of sp³-hybridized carbons (Fsp3) is 0.161. The molecular weight excluding hydrogens is 512 g/mol. The number of carboxylic acids is 1. The van der Waals surface area contributed by atoms with Crippen molar-refractivity contribution in [3.8, 4) is 22.5 Å². The van der Waals surface area contributed by atoms with Gasteiger partial charge in [0.1, 0.15) is 0 Å². The van der Waals surface area contributed by atoms with E-state index in [0.717, 1.165) is 44.5 Å². The van der Waals surface area contributed by atoms with E-state index in [1.165, 1.54) is 0 Å². The van der Waals surface area contributed by atoms with Crippen molar-refractivity contribution in [2.45, 2.75) is 26.3 Å². The maximum absolute atomic E-state index is 12.4. The molecule has 0 radical (unpaired) electrons. The molecule has 0 saturated heterocycles. The molecule has 7 nitrogen and oxygen atoms in total. The van der Waals surface area contributed by atoms with Crippen LogP contribution in [-0.2, 0) is 4.79 Å². The molecule has 1 amide bonds. The SMILES string of the molecule is Cc1cc(Cl)cc(-c2cc(-c3cnc4ccccc4c3)n(C(C)c3ccc(C(=O)NCCC(=O)O)cc3)n2)c1. The summed E-state index contributed by atoms with van der Waals surface area (Å²) in [5.74, 6) is -1.26. The Hall–Kier alpha value is -4.49. The van der Waals surface area contributed by atoms with E-state index in [9.17, 15) is 9.59 Å². The number of halogens is 1. The van der Waals surface area contributed by atoms with Gasteiger partial charge in [-0.3, -0.25) is 19.3 Å². The number of aromatic nitrogens is 3. The van der Waals surface area contributed by atoms with Crippen molar-refractivity contribution in [2.24, 2.45) is 0 Å². The van der Waals surface area contributed by atoms with E-state index >= 15 is 0 Å². The smallest absolute Gasteiger partial charge is 0.305 e. The average molecular weight is 539 g/mol. The third-order valence-electron chi connectivity index (χ3n) is 6.61. The first kappa shape index (κ1) is 26.1. The van der Waals surface area contributed by atoms with Crippen LogP contribution in [0.1, 0.15) is 40.9 Å². The number of carbonyl (C=O) groups is 2. The van der Waals surface area contributed by atoms with Crippen LogP contribution < -0.4 is 5.32 Å². The van der Waals surface area contributed by atoms with Crippen LogP contribution in [0.4, 0.5) is 0 Å². The van der Waals surface area contributed by atoms with Crippen molar-refractivity contribution in [1.82, 2.24) is 20.1 Å². The number of rotatable bonds is 8. The number of para-hydroxylation sites is 1. The van der Waals surface area contributed by atoms with Crippen molar-refractivity contribution in [3.63, 3.8) is 0 Å². The lowest BCUT2D eigenvalue weighted by atomic mass is 10.0. The molecule has 8 heteroatoms. The lowest BCUT2D eigenvalue weighted by Gasteiger charge is -2.17. The minimum atomic E-state index is -0.955. The molecule has 0 spiro atoms. The summed E-state index contributed by atoms with van der Waals surface area (Å²) in [6.07, 6.45) is 1.74. The fourth-order valence-corrected chi connectivity index (χ4v) is 4.87. The van der Waals surface area contributed by atoms with E-state index in [0.29, 0.717) is 10.6 Å². The van der Waals surface area contributed by atoms with Crippen LogP contribution in [0.15, 0.2) is 85.1 Å². The van der Waals surface area contributed by atoms with Gasteiger partial charge in [-0.1, -0.05) is 41.9 Å². The highest BCUT2D eigenvalue weighted by molar-refractivity contribution is 6.31. The highest BCUT2D eigenvalue weighted by Crippen LogP contribution is 2.33. The summed E-state index contributed by atoms with van der Waals surface area (Å²) < 4.78 is 1.97. The van der Waals surface area contributed by atoms with Crippen LogP contribution in [0, 0.1) is 6.92 Å². The minimum absolute atomic E-state index is 0.0779. The van der Waals surface area contributed by atoms with Crippen molar-refractivity contribution in [3.05, 3.63) is 107 Å². The van der Waals surface area contributed by atoms with Crippen LogP contribution in [0.25, 0.3) is 33.4 Å². The molecule has 196 valence electrons. The predicted molar refractivity (Wildman–Crippen MR) is 153 cm³/mol. The quantitative estimate of drug-likeness (QED) is 0.234. The Morgan fingerprint density at radius 1 is 1.00 bits per heavy atom. The normalized spacial score (nSPS) is 11.9. The third kappa shape index (κ3) is 5.84. The van der Waals surface area contributed by atoms with Gasteiger partial charge in [0, 0.05) is 39.8 Å². The molecule has 0 bridgehead atoms. The zero-order valence-electron chi connectivity index (χ0n) is 21.6. The molecule has 2 aromatic heterocycles. The Labute approximate surface area is 231 Å². The molecule has 3 aromatic carbocycles. The molecule has 5 aromatic rings. The number of amides is 1. The van der Waals surface area contributed by atoms with Gasteiger partial charge in [0.2, 0.25) is 0 Å². The van der Waals surface area contributed by atoms with Gasteiger partial charge in [-0.05, 0) is 73.5 Å². The van der Waals surface area contributed by atoms with Gasteiger partial charge in [0.25, 0.3) is 5.91 Å². The molecule has 0 saturated carbocycles. The Morgan fingerprint density at radius 2 is 1.77 bits per heavy atom. The molecule has 0 aliphatic rings. The van der Waals surface area contributed by atoms with Gasteiger partial charge in [-0.15, -0.1) is 0 Å². The summed E-state index contributed by atoms with van der Waals surface area (Å²) in [7, 11) is 0. The zero-order chi connectivity index (χ0) is 27.5. The highest BCUT2D eigenvalue weighted by Gasteiger charge is 2.19.